The Morgan fingerprint density at radius 2 is 1.71 bits per heavy atom. The Morgan fingerprint density at radius 1 is 1.00 bits per heavy atom. The zero-order valence-corrected chi connectivity index (χ0v) is 19.8. The molecule has 8 nitrogen and oxygen atoms in total. The van der Waals surface area contributed by atoms with Gasteiger partial charge in [0.25, 0.3) is 11.8 Å². The molecule has 1 aromatic heterocycles. The van der Waals surface area contributed by atoms with Gasteiger partial charge in [0.2, 0.25) is 15.9 Å². The van der Waals surface area contributed by atoms with Gasteiger partial charge < -0.3 is 15.5 Å². The van der Waals surface area contributed by atoms with Crippen LogP contribution in [0.5, 0.6) is 0 Å². The number of likely N-dealkylation sites (tertiary alicyclic amines) is 1. The Kier molecular flexibility index (Phi) is 7.64. The largest absolute Gasteiger partial charge is 0.352 e. The minimum Gasteiger partial charge on any atom is -0.352 e. The van der Waals surface area contributed by atoms with E-state index in [9.17, 15) is 14.4 Å². The average Bonchev–Trinajstić information content (AvgIpc) is 3.38. The Bertz CT molecular complexity index is 1150. The van der Waals surface area contributed by atoms with Crippen molar-refractivity contribution in [2.45, 2.75) is 32.7 Å². The standard InChI is InChI=1S/C25H27N5O3S/c1-2-17-10-12-18(13-11-17)15-26-21(31)19-7-6-14-30(16-19)25(33)24-29-28-23(34-24)22(32)27-20-8-4-3-5-9-20/h3-5,8-13,19H,2,6-7,14-16H2,1H3,(H,26,31)(H,27,32). The van der Waals surface area contributed by atoms with Crippen LogP contribution in [-0.4, -0.2) is 45.9 Å². The van der Waals surface area contributed by atoms with Gasteiger partial charge in [0.05, 0.1) is 5.92 Å². The van der Waals surface area contributed by atoms with Crippen molar-refractivity contribution in [3.63, 3.8) is 0 Å². The maximum absolute atomic E-state index is 13.0. The molecule has 1 fully saturated rings. The summed E-state index contributed by atoms with van der Waals surface area (Å²) >= 11 is 0.956. The molecule has 0 spiro atoms. The number of benzene rings is 2. The molecule has 1 unspecified atom stereocenters. The zero-order valence-electron chi connectivity index (χ0n) is 19.0. The molecule has 1 aliphatic rings. The summed E-state index contributed by atoms with van der Waals surface area (Å²) in [6.45, 7) is 3.44. The number of anilines is 1. The van der Waals surface area contributed by atoms with Gasteiger partial charge in [-0.05, 0) is 42.5 Å². The third-order valence-electron chi connectivity index (χ3n) is 5.81. The molecular formula is C25H27N5O3S. The van der Waals surface area contributed by atoms with E-state index in [1.807, 2.05) is 30.3 Å². The van der Waals surface area contributed by atoms with Gasteiger partial charge in [-0.25, -0.2) is 0 Å². The highest BCUT2D eigenvalue weighted by molar-refractivity contribution is 7.15. The van der Waals surface area contributed by atoms with E-state index < -0.39 is 5.91 Å². The summed E-state index contributed by atoms with van der Waals surface area (Å²) in [6, 6.07) is 17.2. The highest BCUT2D eigenvalue weighted by atomic mass is 32.1. The second kappa shape index (κ2) is 11.0. The van der Waals surface area contributed by atoms with Gasteiger partial charge in [-0.3, -0.25) is 14.4 Å². The third-order valence-corrected chi connectivity index (χ3v) is 6.72. The van der Waals surface area contributed by atoms with Crippen LogP contribution in [0.4, 0.5) is 5.69 Å². The summed E-state index contributed by atoms with van der Waals surface area (Å²) in [5.41, 5.74) is 2.94. The molecule has 1 aliphatic heterocycles. The number of hydrogen-bond donors (Lipinski definition) is 2. The summed E-state index contributed by atoms with van der Waals surface area (Å²) in [7, 11) is 0. The molecule has 0 radical (unpaired) electrons. The fourth-order valence-electron chi connectivity index (χ4n) is 3.84. The number of carbonyl (C=O) groups is 3. The van der Waals surface area contributed by atoms with Crippen molar-refractivity contribution in [1.29, 1.82) is 0 Å². The molecule has 3 aromatic rings. The van der Waals surface area contributed by atoms with Crippen LogP contribution in [0.25, 0.3) is 0 Å². The van der Waals surface area contributed by atoms with Crippen LogP contribution in [0.2, 0.25) is 0 Å². The maximum atomic E-state index is 13.0. The maximum Gasteiger partial charge on any atom is 0.286 e. The molecule has 0 saturated carbocycles. The first-order valence-corrected chi connectivity index (χ1v) is 12.2. The van der Waals surface area contributed by atoms with Gasteiger partial charge in [0, 0.05) is 25.3 Å². The fourth-order valence-corrected chi connectivity index (χ4v) is 4.55. The lowest BCUT2D eigenvalue weighted by Gasteiger charge is -2.31. The van der Waals surface area contributed by atoms with E-state index in [1.165, 1.54) is 5.56 Å². The number of nitrogens with zero attached hydrogens (tertiary/aromatic N) is 3. The molecule has 2 heterocycles. The second-order valence-corrected chi connectivity index (χ2v) is 9.19. The van der Waals surface area contributed by atoms with Crippen LogP contribution >= 0.6 is 11.3 Å². The summed E-state index contributed by atoms with van der Waals surface area (Å²) in [5.74, 6) is -1.05. The SMILES string of the molecule is CCc1ccc(CNC(=O)C2CCCN(C(=O)c3nnc(C(=O)Nc4ccccc4)s3)C2)cc1. The van der Waals surface area contributed by atoms with Gasteiger partial charge in [0.15, 0.2) is 0 Å². The number of nitrogens with one attached hydrogen (secondary N) is 2. The van der Waals surface area contributed by atoms with Crippen LogP contribution in [0.1, 0.15) is 50.5 Å². The summed E-state index contributed by atoms with van der Waals surface area (Å²) in [6.07, 6.45) is 2.44. The molecule has 4 rings (SSSR count). The number of aromatic nitrogens is 2. The molecule has 176 valence electrons. The Hall–Kier alpha value is -3.59. The predicted octanol–water partition coefficient (Wildman–Crippen LogP) is 3.52. The van der Waals surface area contributed by atoms with E-state index in [0.717, 1.165) is 36.2 Å². The monoisotopic (exact) mass is 477 g/mol. The molecule has 9 heteroatoms. The molecule has 1 saturated heterocycles. The number of carbonyl (C=O) groups excluding carboxylic acids is 3. The molecule has 1 atom stereocenters. The van der Waals surface area contributed by atoms with Crippen LogP contribution in [0.15, 0.2) is 54.6 Å². The average molecular weight is 478 g/mol. The number of piperidine rings is 1. The van der Waals surface area contributed by atoms with E-state index in [1.54, 1.807) is 17.0 Å². The van der Waals surface area contributed by atoms with E-state index in [2.05, 4.69) is 39.9 Å². The van der Waals surface area contributed by atoms with Crippen molar-refractivity contribution >= 4 is 34.7 Å². The van der Waals surface area contributed by atoms with Crippen molar-refractivity contribution in [3.05, 3.63) is 75.7 Å². The summed E-state index contributed by atoms with van der Waals surface area (Å²) < 4.78 is 0. The first-order valence-electron chi connectivity index (χ1n) is 11.4. The minimum absolute atomic E-state index is 0.0581. The van der Waals surface area contributed by atoms with E-state index in [-0.39, 0.29) is 27.7 Å². The Morgan fingerprint density at radius 3 is 2.44 bits per heavy atom. The fraction of sp³-hybridized carbons (Fsp3) is 0.320. The van der Waals surface area contributed by atoms with Crippen molar-refractivity contribution < 1.29 is 14.4 Å². The van der Waals surface area contributed by atoms with Gasteiger partial charge >= 0.3 is 0 Å². The van der Waals surface area contributed by atoms with Crippen LogP contribution in [0, 0.1) is 5.92 Å². The minimum atomic E-state index is -0.411. The molecule has 0 aliphatic carbocycles. The Labute approximate surface area is 202 Å². The number of amides is 3. The number of para-hydroxylation sites is 1. The quantitative estimate of drug-likeness (QED) is 0.542. The lowest BCUT2D eigenvalue weighted by atomic mass is 9.97. The Balaban J connectivity index is 1.32. The van der Waals surface area contributed by atoms with Crippen LogP contribution in [0.3, 0.4) is 0 Å². The van der Waals surface area contributed by atoms with E-state index in [0.29, 0.717) is 25.3 Å². The topological polar surface area (TPSA) is 104 Å². The van der Waals surface area contributed by atoms with Crippen LogP contribution in [-0.2, 0) is 17.8 Å². The summed E-state index contributed by atoms with van der Waals surface area (Å²) in [4.78, 5) is 39.8. The second-order valence-electron chi connectivity index (χ2n) is 8.21. The molecule has 0 bridgehead atoms. The zero-order chi connectivity index (χ0) is 23.9. The van der Waals surface area contributed by atoms with E-state index >= 15 is 0 Å². The van der Waals surface area contributed by atoms with Crippen molar-refractivity contribution in [3.8, 4) is 0 Å². The van der Waals surface area contributed by atoms with Crippen molar-refractivity contribution in [2.75, 3.05) is 18.4 Å². The summed E-state index contributed by atoms with van der Waals surface area (Å²) in [5, 5.41) is 13.8. The number of aryl methyl sites for hydroxylation is 1. The third kappa shape index (κ3) is 5.85. The van der Waals surface area contributed by atoms with Crippen LogP contribution < -0.4 is 10.6 Å². The molecule has 3 amide bonds. The first-order chi connectivity index (χ1) is 16.5. The van der Waals surface area contributed by atoms with Crippen molar-refractivity contribution in [1.82, 2.24) is 20.4 Å². The number of hydrogen-bond acceptors (Lipinski definition) is 6. The van der Waals surface area contributed by atoms with Gasteiger partial charge in [-0.1, -0.05) is 60.7 Å². The molecule has 2 N–H and O–H groups in total. The highest BCUT2D eigenvalue weighted by Crippen LogP contribution is 2.21. The lowest BCUT2D eigenvalue weighted by molar-refractivity contribution is -0.126. The van der Waals surface area contributed by atoms with E-state index in [4.69, 9.17) is 0 Å². The van der Waals surface area contributed by atoms with Gasteiger partial charge in [-0.15, -0.1) is 10.2 Å². The predicted molar refractivity (Wildman–Crippen MR) is 131 cm³/mol. The van der Waals surface area contributed by atoms with Crippen molar-refractivity contribution in [2.24, 2.45) is 5.92 Å². The highest BCUT2D eigenvalue weighted by Gasteiger charge is 2.30. The lowest BCUT2D eigenvalue weighted by Crippen LogP contribution is -2.45. The van der Waals surface area contributed by atoms with Gasteiger partial charge in [-0.2, -0.15) is 0 Å². The molecule has 34 heavy (non-hydrogen) atoms. The first kappa shape index (κ1) is 23.6. The normalized spacial score (nSPS) is 15.6. The van der Waals surface area contributed by atoms with Gasteiger partial charge in [0.1, 0.15) is 0 Å². The molecule has 2 aromatic carbocycles. The molecular weight excluding hydrogens is 450 g/mol. The number of rotatable bonds is 7. The smallest absolute Gasteiger partial charge is 0.286 e.